The molecule has 56 valence electrons. The fourth-order valence-corrected chi connectivity index (χ4v) is 1.82. The van der Waals surface area contributed by atoms with Gasteiger partial charge in [-0.3, -0.25) is 0 Å². The van der Waals surface area contributed by atoms with Crippen LogP contribution in [-0.4, -0.2) is 8.75 Å². The predicted molar refractivity (Wildman–Crippen MR) is 47.2 cm³/mol. The molecule has 1 heterocycles. The molecule has 0 fully saturated rings. The highest BCUT2D eigenvalue weighted by Gasteiger charge is 2.04. The van der Waals surface area contributed by atoms with E-state index in [0.29, 0.717) is 5.02 Å². The summed E-state index contributed by atoms with van der Waals surface area (Å²) in [5.41, 5.74) is 2.86. The number of nitrogens with zero attached hydrogens (tertiary/aromatic N) is 2. The molecule has 11 heavy (non-hydrogen) atoms. The molecular formula is C7H5ClN2S. The van der Waals surface area contributed by atoms with E-state index in [2.05, 4.69) is 8.75 Å². The number of benzene rings is 1. The molecular weight excluding hydrogens is 180 g/mol. The Balaban J connectivity index is 2.96. The number of hydrogen-bond acceptors (Lipinski definition) is 3. The Morgan fingerprint density at radius 3 is 2.73 bits per heavy atom. The molecule has 0 aliphatic carbocycles. The maximum Gasteiger partial charge on any atom is 0.123 e. The summed E-state index contributed by atoms with van der Waals surface area (Å²) in [5, 5.41) is 0.680. The molecule has 0 amide bonds. The van der Waals surface area contributed by atoms with Gasteiger partial charge >= 0.3 is 0 Å². The van der Waals surface area contributed by atoms with E-state index in [9.17, 15) is 0 Å². The predicted octanol–water partition coefficient (Wildman–Crippen LogP) is 2.65. The number of aromatic nitrogens is 2. The van der Waals surface area contributed by atoms with E-state index in [-0.39, 0.29) is 0 Å². The summed E-state index contributed by atoms with van der Waals surface area (Å²) in [7, 11) is 0. The van der Waals surface area contributed by atoms with Gasteiger partial charge in [0.05, 0.1) is 16.8 Å². The van der Waals surface area contributed by atoms with Gasteiger partial charge < -0.3 is 0 Å². The fourth-order valence-electron chi connectivity index (χ4n) is 0.960. The van der Waals surface area contributed by atoms with E-state index in [0.717, 1.165) is 16.6 Å². The van der Waals surface area contributed by atoms with Gasteiger partial charge in [0.1, 0.15) is 11.0 Å². The second-order valence-corrected chi connectivity index (χ2v) is 3.26. The van der Waals surface area contributed by atoms with Gasteiger partial charge in [0.15, 0.2) is 0 Å². The van der Waals surface area contributed by atoms with E-state index in [1.165, 1.54) is 11.7 Å². The average Bonchev–Trinajstić information content (AvgIpc) is 2.45. The third kappa shape index (κ3) is 1.01. The van der Waals surface area contributed by atoms with Crippen molar-refractivity contribution in [1.82, 2.24) is 8.75 Å². The fraction of sp³-hybridized carbons (Fsp3) is 0.143. The van der Waals surface area contributed by atoms with Crippen molar-refractivity contribution in [3.63, 3.8) is 0 Å². The first-order valence-corrected chi connectivity index (χ1v) is 4.27. The Morgan fingerprint density at radius 1 is 1.27 bits per heavy atom. The Hall–Kier alpha value is -0.670. The van der Waals surface area contributed by atoms with Gasteiger partial charge in [-0.25, -0.2) is 0 Å². The Morgan fingerprint density at radius 2 is 2.00 bits per heavy atom. The van der Waals surface area contributed by atoms with Gasteiger partial charge in [0.25, 0.3) is 0 Å². The number of rotatable bonds is 0. The minimum atomic E-state index is 0.680. The summed E-state index contributed by atoms with van der Waals surface area (Å²) in [6.07, 6.45) is 0. The Kier molecular flexibility index (Phi) is 1.55. The SMILES string of the molecule is Cc1ccc(Cl)c2nsnc12. The van der Waals surface area contributed by atoms with Crippen LogP contribution in [-0.2, 0) is 0 Å². The van der Waals surface area contributed by atoms with Crippen LogP contribution in [0.5, 0.6) is 0 Å². The third-order valence-electron chi connectivity index (χ3n) is 1.57. The van der Waals surface area contributed by atoms with Crippen LogP contribution in [0.1, 0.15) is 5.56 Å². The lowest BCUT2D eigenvalue weighted by Gasteiger charge is -1.93. The molecule has 0 unspecified atom stereocenters. The second kappa shape index (κ2) is 2.43. The van der Waals surface area contributed by atoms with Gasteiger partial charge in [0, 0.05) is 0 Å². The van der Waals surface area contributed by atoms with Crippen molar-refractivity contribution in [1.29, 1.82) is 0 Å². The zero-order valence-electron chi connectivity index (χ0n) is 5.84. The molecule has 0 aliphatic heterocycles. The van der Waals surface area contributed by atoms with Gasteiger partial charge in [0.2, 0.25) is 0 Å². The van der Waals surface area contributed by atoms with Crippen molar-refractivity contribution in [2.24, 2.45) is 0 Å². The first kappa shape index (κ1) is 7.00. The molecule has 0 saturated carbocycles. The van der Waals surface area contributed by atoms with Crippen molar-refractivity contribution in [3.8, 4) is 0 Å². The third-order valence-corrected chi connectivity index (χ3v) is 2.40. The quantitative estimate of drug-likeness (QED) is 0.629. The van der Waals surface area contributed by atoms with Gasteiger partial charge in [-0.15, -0.1) is 0 Å². The second-order valence-electron chi connectivity index (χ2n) is 2.33. The summed E-state index contributed by atoms with van der Waals surface area (Å²) in [6.45, 7) is 2.00. The molecule has 0 N–H and O–H groups in total. The highest BCUT2D eigenvalue weighted by atomic mass is 35.5. The molecule has 2 nitrogen and oxygen atoms in total. The van der Waals surface area contributed by atoms with Gasteiger partial charge in [-0.05, 0) is 18.6 Å². The summed E-state index contributed by atoms with van der Waals surface area (Å²) < 4.78 is 8.20. The summed E-state index contributed by atoms with van der Waals surface area (Å²) in [6, 6.07) is 3.80. The van der Waals surface area contributed by atoms with Crippen LogP contribution in [0.2, 0.25) is 5.02 Å². The molecule has 0 spiro atoms. The maximum absolute atomic E-state index is 5.87. The molecule has 0 bridgehead atoms. The molecule has 0 radical (unpaired) electrons. The number of aryl methyl sites for hydroxylation is 1. The van der Waals surface area contributed by atoms with E-state index < -0.39 is 0 Å². The topological polar surface area (TPSA) is 25.8 Å². The monoisotopic (exact) mass is 184 g/mol. The molecule has 2 aromatic rings. The Labute approximate surface area is 73.1 Å². The van der Waals surface area contributed by atoms with E-state index >= 15 is 0 Å². The van der Waals surface area contributed by atoms with Crippen LogP contribution in [0, 0.1) is 6.92 Å². The first-order chi connectivity index (χ1) is 5.29. The zero-order valence-corrected chi connectivity index (χ0v) is 7.41. The number of hydrogen-bond donors (Lipinski definition) is 0. The first-order valence-electron chi connectivity index (χ1n) is 3.16. The highest BCUT2D eigenvalue weighted by molar-refractivity contribution is 7.00. The van der Waals surface area contributed by atoms with Crippen molar-refractivity contribution < 1.29 is 0 Å². The van der Waals surface area contributed by atoms with E-state index in [4.69, 9.17) is 11.6 Å². The maximum atomic E-state index is 5.87. The van der Waals surface area contributed by atoms with E-state index in [1.54, 1.807) is 0 Å². The lowest BCUT2D eigenvalue weighted by molar-refractivity contribution is 1.48. The molecule has 1 aromatic carbocycles. The smallest absolute Gasteiger partial charge is 0.123 e. The molecule has 0 saturated heterocycles. The number of halogens is 1. The standard InChI is InChI=1S/C7H5ClN2S/c1-4-2-3-5(8)7-6(4)9-11-10-7/h2-3H,1H3. The van der Waals surface area contributed by atoms with Crippen molar-refractivity contribution in [2.75, 3.05) is 0 Å². The van der Waals surface area contributed by atoms with Crippen LogP contribution < -0.4 is 0 Å². The van der Waals surface area contributed by atoms with Crippen LogP contribution in [0.3, 0.4) is 0 Å². The van der Waals surface area contributed by atoms with Crippen LogP contribution in [0.4, 0.5) is 0 Å². The minimum absolute atomic E-state index is 0.680. The lowest BCUT2D eigenvalue weighted by atomic mass is 10.2. The highest BCUT2D eigenvalue weighted by Crippen LogP contribution is 2.23. The number of fused-ring (bicyclic) bond motifs is 1. The lowest BCUT2D eigenvalue weighted by Crippen LogP contribution is -1.76. The van der Waals surface area contributed by atoms with Crippen LogP contribution in [0.15, 0.2) is 12.1 Å². The largest absolute Gasteiger partial charge is 0.173 e. The van der Waals surface area contributed by atoms with Crippen molar-refractivity contribution in [3.05, 3.63) is 22.7 Å². The van der Waals surface area contributed by atoms with Crippen molar-refractivity contribution in [2.45, 2.75) is 6.92 Å². The van der Waals surface area contributed by atoms with Gasteiger partial charge in [-0.1, -0.05) is 17.7 Å². The van der Waals surface area contributed by atoms with Crippen LogP contribution >= 0.6 is 23.3 Å². The van der Waals surface area contributed by atoms with Crippen molar-refractivity contribution >= 4 is 34.4 Å². The summed E-state index contributed by atoms with van der Waals surface area (Å²) in [5.74, 6) is 0. The Bertz CT molecular complexity index is 360. The minimum Gasteiger partial charge on any atom is -0.173 e. The normalized spacial score (nSPS) is 10.7. The molecule has 1 aromatic heterocycles. The van der Waals surface area contributed by atoms with Crippen LogP contribution in [0.25, 0.3) is 11.0 Å². The average molecular weight is 185 g/mol. The molecule has 0 aliphatic rings. The van der Waals surface area contributed by atoms with E-state index in [1.807, 2.05) is 19.1 Å². The molecule has 2 rings (SSSR count). The zero-order chi connectivity index (χ0) is 7.84. The molecule has 0 atom stereocenters. The molecule has 4 heteroatoms. The summed E-state index contributed by atoms with van der Waals surface area (Å²) in [4.78, 5) is 0. The van der Waals surface area contributed by atoms with Gasteiger partial charge in [-0.2, -0.15) is 8.75 Å². The summed E-state index contributed by atoms with van der Waals surface area (Å²) >= 11 is 7.07.